The third kappa shape index (κ3) is 1.61. The third-order valence-electron chi connectivity index (χ3n) is 2.30. The lowest BCUT2D eigenvalue weighted by molar-refractivity contribution is -0.125. The molecule has 1 rings (SSSR count). The van der Waals surface area contributed by atoms with Gasteiger partial charge in [-0.25, -0.2) is 0 Å². The van der Waals surface area contributed by atoms with Crippen molar-refractivity contribution in [1.82, 2.24) is 5.32 Å². The minimum atomic E-state index is -0.188. The molecule has 1 heterocycles. The summed E-state index contributed by atoms with van der Waals surface area (Å²) in [5, 5.41) is 3.16. The molecule has 1 unspecified atom stereocenters. The van der Waals surface area contributed by atoms with Gasteiger partial charge < -0.3 is 5.32 Å². The van der Waals surface area contributed by atoms with Crippen LogP contribution >= 0.6 is 0 Å². The van der Waals surface area contributed by atoms with Crippen LogP contribution in [0.5, 0.6) is 0 Å². The van der Waals surface area contributed by atoms with Crippen molar-refractivity contribution in [2.75, 3.05) is 13.1 Å². The maximum Gasteiger partial charge on any atom is 0.151 e. The normalized spacial score (nSPS) is 29.8. The van der Waals surface area contributed by atoms with Crippen LogP contribution in [0.15, 0.2) is 0 Å². The zero-order valence-corrected chi connectivity index (χ0v) is 6.81. The van der Waals surface area contributed by atoms with Crippen LogP contribution < -0.4 is 5.32 Å². The SMILES string of the molecule is C#CCC(=O)C1(C)CCNC1. The Labute approximate surface area is 67.4 Å². The lowest BCUT2D eigenvalue weighted by Crippen LogP contribution is -2.29. The summed E-state index contributed by atoms with van der Waals surface area (Å²) in [6.45, 7) is 3.70. The Morgan fingerprint density at radius 2 is 2.55 bits per heavy atom. The standard InChI is InChI=1S/C9H13NO/c1-3-4-8(11)9(2)5-6-10-7-9/h1,10H,4-7H2,2H3. The molecule has 2 nitrogen and oxygen atoms in total. The number of rotatable bonds is 2. The maximum absolute atomic E-state index is 11.4. The van der Waals surface area contributed by atoms with E-state index >= 15 is 0 Å². The van der Waals surface area contributed by atoms with E-state index in [0.29, 0.717) is 0 Å². The second kappa shape index (κ2) is 3.06. The number of Topliss-reactive ketones (excluding diaryl/α,β-unsaturated/α-hetero) is 1. The molecule has 1 aliphatic heterocycles. The highest BCUT2D eigenvalue weighted by molar-refractivity contribution is 5.86. The van der Waals surface area contributed by atoms with Gasteiger partial charge in [-0.3, -0.25) is 4.79 Å². The molecule has 0 aliphatic carbocycles. The number of nitrogens with one attached hydrogen (secondary N) is 1. The van der Waals surface area contributed by atoms with Crippen LogP contribution in [0, 0.1) is 17.8 Å². The van der Waals surface area contributed by atoms with E-state index in [9.17, 15) is 4.79 Å². The van der Waals surface area contributed by atoms with Crippen LogP contribution in [0.3, 0.4) is 0 Å². The van der Waals surface area contributed by atoms with Crippen molar-refractivity contribution < 1.29 is 4.79 Å². The minimum absolute atomic E-state index is 0.188. The highest BCUT2D eigenvalue weighted by Gasteiger charge is 2.34. The van der Waals surface area contributed by atoms with E-state index in [4.69, 9.17) is 6.42 Å². The fourth-order valence-electron chi connectivity index (χ4n) is 1.36. The van der Waals surface area contributed by atoms with E-state index in [1.807, 2.05) is 6.92 Å². The van der Waals surface area contributed by atoms with Crippen LogP contribution in [0.1, 0.15) is 19.8 Å². The first-order chi connectivity index (χ1) is 5.19. The number of hydrogen-bond acceptors (Lipinski definition) is 2. The molecule has 0 bridgehead atoms. The van der Waals surface area contributed by atoms with E-state index in [-0.39, 0.29) is 17.6 Å². The quantitative estimate of drug-likeness (QED) is 0.585. The first-order valence-corrected chi connectivity index (χ1v) is 3.86. The van der Waals surface area contributed by atoms with E-state index in [2.05, 4.69) is 11.2 Å². The number of hydrogen-bond donors (Lipinski definition) is 1. The molecule has 0 aromatic rings. The molecule has 0 aromatic carbocycles. The second-order valence-electron chi connectivity index (χ2n) is 3.29. The van der Waals surface area contributed by atoms with E-state index in [0.717, 1.165) is 19.5 Å². The molecule has 1 fully saturated rings. The van der Waals surface area contributed by atoms with E-state index < -0.39 is 0 Å². The number of carbonyl (C=O) groups is 1. The van der Waals surface area contributed by atoms with Crippen molar-refractivity contribution in [3.63, 3.8) is 0 Å². The predicted molar refractivity (Wildman–Crippen MR) is 44.1 cm³/mol. The molecule has 11 heavy (non-hydrogen) atoms. The largest absolute Gasteiger partial charge is 0.316 e. The summed E-state index contributed by atoms with van der Waals surface area (Å²) in [5.74, 6) is 2.59. The van der Waals surface area contributed by atoms with Crippen LogP contribution in [-0.2, 0) is 4.79 Å². The summed E-state index contributed by atoms with van der Waals surface area (Å²) in [6.07, 6.45) is 6.26. The summed E-state index contributed by atoms with van der Waals surface area (Å²) in [7, 11) is 0. The average molecular weight is 151 g/mol. The molecule has 1 saturated heterocycles. The molecule has 0 spiro atoms. The van der Waals surface area contributed by atoms with Gasteiger partial charge in [0.15, 0.2) is 5.78 Å². The third-order valence-corrected chi connectivity index (χ3v) is 2.30. The highest BCUT2D eigenvalue weighted by Crippen LogP contribution is 2.26. The van der Waals surface area contributed by atoms with Gasteiger partial charge in [-0.05, 0) is 13.0 Å². The van der Waals surface area contributed by atoms with E-state index in [1.54, 1.807) is 0 Å². The molecule has 0 saturated carbocycles. The molecular weight excluding hydrogens is 138 g/mol. The van der Waals surface area contributed by atoms with Gasteiger partial charge in [-0.15, -0.1) is 6.42 Å². The Morgan fingerprint density at radius 1 is 1.82 bits per heavy atom. The summed E-state index contributed by atoms with van der Waals surface area (Å²) < 4.78 is 0. The first kappa shape index (κ1) is 8.29. The molecule has 0 radical (unpaired) electrons. The topological polar surface area (TPSA) is 29.1 Å². The van der Waals surface area contributed by atoms with Crippen molar-refractivity contribution in [2.24, 2.45) is 5.41 Å². The maximum atomic E-state index is 11.4. The van der Waals surface area contributed by atoms with Gasteiger partial charge in [0.05, 0.1) is 6.42 Å². The smallest absolute Gasteiger partial charge is 0.151 e. The van der Waals surface area contributed by atoms with Gasteiger partial charge in [-0.1, -0.05) is 12.8 Å². The zero-order valence-electron chi connectivity index (χ0n) is 6.81. The predicted octanol–water partition coefficient (Wildman–Crippen LogP) is 0.578. The van der Waals surface area contributed by atoms with Crippen molar-refractivity contribution >= 4 is 5.78 Å². The van der Waals surface area contributed by atoms with E-state index in [1.165, 1.54) is 0 Å². The molecule has 2 heteroatoms. The monoisotopic (exact) mass is 151 g/mol. The minimum Gasteiger partial charge on any atom is -0.316 e. The van der Waals surface area contributed by atoms with Crippen LogP contribution in [0.25, 0.3) is 0 Å². The Hall–Kier alpha value is -0.810. The van der Waals surface area contributed by atoms with Gasteiger partial charge in [-0.2, -0.15) is 0 Å². The number of ketones is 1. The number of carbonyl (C=O) groups excluding carboxylic acids is 1. The lowest BCUT2D eigenvalue weighted by atomic mass is 9.83. The Balaban J connectivity index is 2.58. The van der Waals surface area contributed by atoms with Crippen molar-refractivity contribution in [3.05, 3.63) is 0 Å². The van der Waals surface area contributed by atoms with Crippen LogP contribution in [0.2, 0.25) is 0 Å². The summed E-state index contributed by atoms with van der Waals surface area (Å²) in [5.41, 5.74) is -0.188. The van der Waals surface area contributed by atoms with Gasteiger partial charge >= 0.3 is 0 Å². The van der Waals surface area contributed by atoms with Crippen LogP contribution in [0.4, 0.5) is 0 Å². The molecule has 0 amide bonds. The van der Waals surface area contributed by atoms with Gasteiger partial charge in [0.1, 0.15) is 0 Å². The molecule has 1 N–H and O–H groups in total. The van der Waals surface area contributed by atoms with Gasteiger partial charge in [0.2, 0.25) is 0 Å². The van der Waals surface area contributed by atoms with Crippen molar-refractivity contribution in [3.8, 4) is 12.3 Å². The van der Waals surface area contributed by atoms with Gasteiger partial charge in [0.25, 0.3) is 0 Å². The fraction of sp³-hybridized carbons (Fsp3) is 0.667. The highest BCUT2D eigenvalue weighted by atomic mass is 16.1. The average Bonchev–Trinajstić information content (AvgIpc) is 2.38. The Morgan fingerprint density at radius 3 is 3.00 bits per heavy atom. The van der Waals surface area contributed by atoms with Crippen LogP contribution in [-0.4, -0.2) is 18.9 Å². The number of terminal acetylenes is 1. The fourth-order valence-corrected chi connectivity index (χ4v) is 1.36. The second-order valence-corrected chi connectivity index (χ2v) is 3.29. The first-order valence-electron chi connectivity index (χ1n) is 3.86. The van der Waals surface area contributed by atoms with Crippen molar-refractivity contribution in [1.29, 1.82) is 0 Å². The lowest BCUT2D eigenvalue weighted by Gasteiger charge is -2.18. The molecule has 60 valence electrons. The zero-order chi connectivity index (χ0) is 8.32. The van der Waals surface area contributed by atoms with Crippen molar-refractivity contribution in [2.45, 2.75) is 19.8 Å². The molecule has 0 aromatic heterocycles. The summed E-state index contributed by atoms with van der Waals surface area (Å²) >= 11 is 0. The molecular formula is C9H13NO. The molecule has 1 aliphatic rings. The summed E-state index contributed by atoms with van der Waals surface area (Å²) in [6, 6.07) is 0. The Bertz CT molecular complexity index is 196. The Kier molecular flexibility index (Phi) is 2.31. The summed E-state index contributed by atoms with van der Waals surface area (Å²) in [4.78, 5) is 11.4. The van der Waals surface area contributed by atoms with Gasteiger partial charge in [0, 0.05) is 12.0 Å². The molecule has 1 atom stereocenters.